The second-order valence-electron chi connectivity index (χ2n) is 4.89. The van der Waals surface area contributed by atoms with E-state index < -0.39 is 15.9 Å². The minimum atomic E-state index is -4.03. The van der Waals surface area contributed by atoms with Gasteiger partial charge in [-0.05, 0) is 12.1 Å². The number of rotatable bonds is 5. The molecule has 9 heteroatoms. The average Bonchev–Trinajstić information content (AvgIpc) is 3.04. The number of aromatic nitrogens is 1. The first-order valence-electron chi connectivity index (χ1n) is 7.06. The van der Waals surface area contributed by atoms with Crippen LogP contribution in [0.25, 0.3) is 11.3 Å². The van der Waals surface area contributed by atoms with Gasteiger partial charge in [-0.1, -0.05) is 71.5 Å². The van der Waals surface area contributed by atoms with Crippen molar-refractivity contribution in [1.82, 2.24) is 15.2 Å². The normalized spacial score (nSPS) is 11.2. The molecule has 0 unspecified atom stereocenters. The molecule has 0 radical (unpaired) electrons. The molecule has 1 amide bonds. The number of nitrogens with zero attached hydrogens (tertiary/aromatic N) is 1. The maximum atomic E-state index is 12.6. The van der Waals surface area contributed by atoms with Crippen molar-refractivity contribution in [2.75, 3.05) is 0 Å². The first kappa shape index (κ1) is 17.6. The molecule has 0 aliphatic heterocycles. The highest BCUT2D eigenvalue weighted by molar-refractivity contribution is 7.91. The van der Waals surface area contributed by atoms with E-state index in [1.807, 2.05) is 6.07 Å². The molecule has 6 nitrogen and oxygen atoms in total. The van der Waals surface area contributed by atoms with Crippen molar-refractivity contribution in [3.05, 3.63) is 70.7 Å². The Morgan fingerprint density at radius 2 is 1.60 bits per heavy atom. The summed E-state index contributed by atoms with van der Waals surface area (Å²) in [5, 5.41) is 0. The molecule has 0 aliphatic rings. The van der Waals surface area contributed by atoms with Gasteiger partial charge in [0.05, 0.1) is 0 Å². The summed E-state index contributed by atoms with van der Waals surface area (Å²) in [6.45, 7) is 0. The summed E-state index contributed by atoms with van der Waals surface area (Å²) >= 11 is 6.72. The third-order valence-electron chi connectivity index (χ3n) is 3.20. The highest BCUT2D eigenvalue weighted by Crippen LogP contribution is 2.34. The molecule has 25 heavy (non-hydrogen) atoms. The van der Waals surface area contributed by atoms with Crippen LogP contribution in [0.3, 0.4) is 0 Å². The number of halogens is 1. The van der Waals surface area contributed by atoms with E-state index in [0.717, 1.165) is 11.3 Å². The summed E-state index contributed by atoms with van der Waals surface area (Å²) in [7, 11) is -4.03. The van der Waals surface area contributed by atoms with Gasteiger partial charge >= 0.3 is 0 Å². The number of hydrogen-bond acceptors (Lipinski definition) is 5. The monoisotopic (exact) mass is 393 g/mol. The number of hydrazine groups is 1. The molecule has 0 fully saturated rings. The third-order valence-corrected chi connectivity index (χ3v) is 6.11. The molecule has 3 aromatic rings. The standard InChI is InChI=1S/C16H12ClN3O3S2/c17-16-18-13(11-7-3-1-4-8-11)15(24-16)25(22,23)20-19-14(21)12-9-5-2-6-10-12/h1-10,20H,(H,19,21). The number of nitrogens with one attached hydrogen (secondary N) is 2. The fraction of sp³-hybridized carbons (Fsp3) is 0. The molecule has 2 aromatic carbocycles. The van der Waals surface area contributed by atoms with Gasteiger partial charge < -0.3 is 0 Å². The first-order chi connectivity index (χ1) is 12.0. The molecule has 1 aromatic heterocycles. The SMILES string of the molecule is O=C(NNS(=O)(=O)c1sc(Cl)nc1-c1ccccc1)c1ccccc1. The maximum Gasteiger partial charge on any atom is 0.269 e. The highest BCUT2D eigenvalue weighted by Gasteiger charge is 2.25. The molecule has 0 saturated carbocycles. The van der Waals surface area contributed by atoms with E-state index in [2.05, 4.69) is 15.2 Å². The fourth-order valence-corrected chi connectivity index (χ4v) is 4.61. The molecule has 0 bridgehead atoms. The summed E-state index contributed by atoms with van der Waals surface area (Å²) in [5.74, 6) is -0.568. The molecule has 0 spiro atoms. The average molecular weight is 394 g/mol. The number of thiazole rings is 1. The van der Waals surface area contributed by atoms with E-state index in [1.165, 1.54) is 0 Å². The lowest BCUT2D eigenvalue weighted by atomic mass is 10.2. The van der Waals surface area contributed by atoms with Crippen molar-refractivity contribution in [3.63, 3.8) is 0 Å². The van der Waals surface area contributed by atoms with Gasteiger partial charge in [0.25, 0.3) is 15.9 Å². The van der Waals surface area contributed by atoms with E-state index in [9.17, 15) is 13.2 Å². The smallest absolute Gasteiger partial charge is 0.269 e. The van der Waals surface area contributed by atoms with E-state index >= 15 is 0 Å². The van der Waals surface area contributed by atoms with Gasteiger partial charge in [-0.3, -0.25) is 10.2 Å². The Morgan fingerprint density at radius 3 is 2.24 bits per heavy atom. The lowest BCUT2D eigenvalue weighted by Gasteiger charge is -2.08. The van der Waals surface area contributed by atoms with E-state index in [0.29, 0.717) is 11.1 Å². The molecule has 1 heterocycles. The number of carbonyl (C=O) groups is 1. The molecule has 128 valence electrons. The Labute approximate surface area is 153 Å². The van der Waals surface area contributed by atoms with Crippen LogP contribution >= 0.6 is 22.9 Å². The van der Waals surface area contributed by atoms with Crippen LogP contribution in [0.1, 0.15) is 10.4 Å². The number of amides is 1. The number of sulfonamides is 1. The van der Waals surface area contributed by atoms with Gasteiger partial charge in [0, 0.05) is 11.1 Å². The minimum Gasteiger partial charge on any atom is -0.273 e. The predicted octanol–water partition coefficient (Wildman–Crippen LogP) is 3.09. The number of hydrogen-bond donors (Lipinski definition) is 2. The molecule has 0 aliphatic carbocycles. The van der Waals surface area contributed by atoms with Gasteiger partial charge in [-0.15, -0.1) is 4.83 Å². The van der Waals surface area contributed by atoms with Crippen LogP contribution < -0.4 is 10.3 Å². The summed E-state index contributed by atoms with van der Waals surface area (Å²) < 4.78 is 25.1. The molecular weight excluding hydrogens is 382 g/mol. The van der Waals surface area contributed by atoms with Gasteiger partial charge in [0.15, 0.2) is 8.68 Å². The number of carbonyl (C=O) groups excluding carboxylic acids is 1. The summed E-state index contributed by atoms with van der Waals surface area (Å²) in [5.41, 5.74) is 3.36. The van der Waals surface area contributed by atoms with Gasteiger partial charge in [-0.2, -0.15) is 0 Å². The van der Waals surface area contributed by atoms with Crippen molar-refractivity contribution >= 4 is 38.9 Å². The zero-order chi connectivity index (χ0) is 17.9. The summed E-state index contributed by atoms with van der Waals surface area (Å²) in [6.07, 6.45) is 0. The van der Waals surface area contributed by atoms with Crippen molar-refractivity contribution < 1.29 is 13.2 Å². The summed E-state index contributed by atoms with van der Waals surface area (Å²) in [4.78, 5) is 18.2. The highest BCUT2D eigenvalue weighted by atomic mass is 35.5. The molecule has 3 rings (SSSR count). The van der Waals surface area contributed by atoms with Crippen LogP contribution in [0.5, 0.6) is 0 Å². The molecular formula is C16H12ClN3O3S2. The second kappa shape index (κ2) is 7.32. The summed E-state index contributed by atoms with van der Waals surface area (Å²) in [6, 6.07) is 17.1. The fourth-order valence-electron chi connectivity index (χ4n) is 2.06. The van der Waals surface area contributed by atoms with E-state index in [-0.39, 0.29) is 14.4 Å². The lowest BCUT2D eigenvalue weighted by Crippen LogP contribution is -2.41. The largest absolute Gasteiger partial charge is 0.273 e. The van der Waals surface area contributed by atoms with E-state index in [1.54, 1.807) is 54.6 Å². The lowest BCUT2D eigenvalue weighted by molar-refractivity contribution is 0.0945. The van der Waals surface area contributed by atoms with Crippen LogP contribution in [0.2, 0.25) is 4.47 Å². The van der Waals surface area contributed by atoms with Crippen molar-refractivity contribution in [1.29, 1.82) is 0 Å². The molecule has 0 saturated heterocycles. The van der Waals surface area contributed by atoms with E-state index in [4.69, 9.17) is 11.6 Å². The Kier molecular flexibility index (Phi) is 5.14. The van der Waals surface area contributed by atoms with Crippen molar-refractivity contribution in [2.24, 2.45) is 0 Å². The van der Waals surface area contributed by atoms with Crippen LogP contribution in [0, 0.1) is 0 Å². The van der Waals surface area contributed by atoms with Crippen molar-refractivity contribution in [3.8, 4) is 11.3 Å². The Morgan fingerprint density at radius 1 is 1.00 bits per heavy atom. The van der Waals surface area contributed by atoms with Crippen LogP contribution in [-0.4, -0.2) is 19.3 Å². The second-order valence-corrected chi connectivity index (χ2v) is 8.35. The Hall–Kier alpha value is -2.26. The first-order valence-corrected chi connectivity index (χ1v) is 9.74. The molecule has 0 atom stereocenters. The quantitative estimate of drug-likeness (QED) is 0.652. The van der Waals surface area contributed by atoms with Gasteiger partial charge in [0.2, 0.25) is 0 Å². The Bertz CT molecular complexity index is 990. The zero-order valence-corrected chi connectivity index (χ0v) is 15.0. The van der Waals surface area contributed by atoms with Crippen LogP contribution in [0.4, 0.5) is 0 Å². The van der Waals surface area contributed by atoms with Crippen LogP contribution in [0.15, 0.2) is 64.9 Å². The van der Waals surface area contributed by atoms with Gasteiger partial charge in [0.1, 0.15) is 5.69 Å². The number of benzene rings is 2. The predicted molar refractivity (Wildman–Crippen MR) is 96.8 cm³/mol. The minimum absolute atomic E-state index is 0.0722. The van der Waals surface area contributed by atoms with Crippen molar-refractivity contribution in [2.45, 2.75) is 4.21 Å². The maximum absolute atomic E-state index is 12.6. The van der Waals surface area contributed by atoms with Crippen LogP contribution in [-0.2, 0) is 10.0 Å². The topological polar surface area (TPSA) is 88.2 Å². The molecule has 2 N–H and O–H groups in total. The van der Waals surface area contributed by atoms with Gasteiger partial charge in [-0.25, -0.2) is 13.4 Å². The third kappa shape index (κ3) is 4.05. The zero-order valence-electron chi connectivity index (χ0n) is 12.6. The Balaban J connectivity index is 1.85.